The Morgan fingerprint density at radius 3 is 2.41 bits per heavy atom. The number of nitrogens with one attached hydrogen (secondary N) is 1. The number of carbonyl (C=O) groups is 4. The number of methoxy groups -OCH3 is 1. The van der Waals surface area contributed by atoms with Gasteiger partial charge in [0.25, 0.3) is 0 Å². The van der Waals surface area contributed by atoms with E-state index in [2.05, 4.69) is 10.1 Å². The number of ether oxygens (including phenoxy) is 1. The number of likely N-dealkylation sites (tertiary alicyclic amines) is 1. The van der Waals surface area contributed by atoms with E-state index in [1.54, 1.807) is 0 Å². The molecule has 2 atom stereocenters. The van der Waals surface area contributed by atoms with E-state index in [1.807, 2.05) is 0 Å². The Morgan fingerprint density at radius 1 is 1.19 bits per heavy atom. The average Bonchev–Trinajstić information content (AvgIpc) is 2.92. The van der Waals surface area contributed by atoms with Gasteiger partial charge >= 0.3 is 5.97 Å². The summed E-state index contributed by atoms with van der Waals surface area (Å²) in [5.74, 6) is -1.71. The Balaban J connectivity index is 1.61. The topological polar surface area (TPSA) is 92.8 Å². The molecule has 0 spiro atoms. The third-order valence-electron chi connectivity index (χ3n) is 5.16. The van der Waals surface area contributed by atoms with Gasteiger partial charge in [0, 0.05) is 13.0 Å². The Bertz CT molecular complexity index is 770. The molecule has 1 aromatic carbocycles. The molecule has 8 heteroatoms. The average molecular weight is 393 g/mol. The van der Waals surface area contributed by atoms with Gasteiger partial charge in [-0.25, -0.2) is 4.79 Å². The van der Waals surface area contributed by atoms with Gasteiger partial charge in [-0.05, 0) is 31.0 Å². The number of hydrogen-bond acceptors (Lipinski definition) is 5. The summed E-state index contributed by atoms with van der Waals surface area (Å²) in [6, 6.07) is 4.40. The van der Waals surface area contributed by atoms with Crippen molar-refractivity contribution in [3.8, 4) is 0 Å². The number of carbonyl (C=O) groups excluding carboxylic acids is 4. The van der Waals surface area contributed by atoms with Crippen molar-refractivity contribution < 1.29 is 23.9 Å². The molecule has 1 heterocycles. The molecule has 1 aliphatic heterocycles. The van der Waals surface area contributed by atoms with Gasteiger partial charge in [0.2, 0.25) is 17.7 Å². The largest absolute Gasteiger partial charge is 0.465 e. The zero-order valence-electron chi connectivity index (χ0n) is 15.0. The molecule has 3 amide bonds. The number of benzene rings is 1. The number of halogens is 1. The molecule has 0 bridgehead atoms. The summed E-state index contributed by atoms with van der Waals surface area (Å²) in [5.41, 5.74) is 0.531. The summed E-state index contributed by atoms with van der Waals surface area (Å²) >= 11 is 6.06. The van der Waals surface area contributed by atoms with Crippen molar-refractivity contribution in [3.05, 3.63) is 28.8 Å². The van der Waals surface area contributed by atoms with Crippen molar-refractivity contribution in [3.63, 3.8) is 0 Å². The maximum Gasteiger partial charge on any atom is 0.337 e. The van der Waals surface area contributed by atoms with Crippen LogP contribution in [0.15, 0.2) is 18.2 Å². The second-order valence-corrected chi connectivity index (χ2v) is 7.22. The predicted molar refractivity (Wildman–Crippen MR) is 98.2 cm³/mol. The summed E-state index contributed by atoms with van der Waals surface area (Å²) in [6.07, 6.45) is 3.38. The molecular formula is C19H21ClN2O5. The second-order valence-electron chi connectivity index (χ2n) is 6.81. The van der Waals surface area contributed by atoms with Crippen LogP contribution in [0.5, 0.6) is 0 Å². The third kappa shape index (κ3) is 3.98. The summed E-state index contributed by atoms with van der Waals surface area (Å²) in [4.78, 5) is 49.9. The number of imide groups is 1. The normalized spacial score (nSPS) is 21.8. The molecule has 2 aliphatic rings. The Labute approximate surface area is 162 Å². The highest BCUT2D eigenvalue weighted by Gasteiger charge is 2.47. The minimum Gasteiger partial charge on any atom is -0.465 e. The molecule has 1 saturated heterocycles. The molecule has 1 aliphatic carbocycles. The van der Waals surface area contributed by atoms with Crippen molar-refractivity contribution >= 4 is 41.0 Å². The van der Waals surface area contributed by atoms with E-state index < -0.39 is 11.9 Å². The van der Waals surface area contributed by atoms with Gasteiger partial charge in [-0.1, -0.05) is 24.4 Å². The number of fused-ring (bicyclic) bond motifs is 1. The predicted octanol–water partition coefficient (Wildman–Crippen LogP) is 2.63. The van der Waals surface area contributed by atoms with E-state index in [0.29, 0.717) is 0 Å². The quantitative estimate of drug-likeness (QED) is 0.614. The van der Waals surface area contributed by atoms with Crippen LogP contribution < -0.4 is 5.32 Å². The van der Waals surface area contributed by atoms with Crippen molar-refractivity contribution in [2.75, 3.05) is 19.0 Å². The van der Waals surface area contributed by atoms with Crippen LogP contribution in [0.4, 0.5) is 5.69 Å². The molecule has 2 fully saturated rings. The molecule has 144 valence electrons. The van der Waals surface area contributed by atoms with Crippen molar-refractivity contribution in [2.45, 2.75) is 32.1 Å². The lowest BCUT2D eigenvalue weighted by Gasteiger charge is -2.19. The number of rotatable bonds is 5. The van der Waals surface area contributed by atoms with Crippen LogP contribution in [-0.4, -0.2) is 42.2 Å². The van der Waals surface area contributed by atoms with Crippen molar-refractivity contribution in [1.29, 1.82) is 0 Å². The summed E-state index contributed by atoms with van der Waals surface area (Å²) in [6.45, 7) is 0.0464. The summed E-state index contributed by atoms with van der Waals surface area (Å²) < 4.78 is 4.64. The molecule has 1 aromatic rings. The van der Waals surface area contributed by atoms with Gasteiger partial charge in [-0.3, -0.25) is 19.3 Å². The van der Waals surface area contributed by atoms with Gasteiger partial charge < -0.3 is 10.1 Å². The van der Waals surface area contributed by atoms with Crippen LogP contribution in [0.2, 0.25) is 5.02 Å². The second kappa shape index (κ2) is 8.08. The van der Waals surface area contributed by atoms with E-state index in [-0.39, 0.29) is 52.9 Å². The maximum atomic E-state index is 12.4. The summed E-state index contributed by atoms with van der Waals surface area (Å²) in [5, 5.41) is 2.89. The number of amides is 3. The smallest absolute Gasteiger partial charge is 0.337 e. The zero-order valence-corrected chi connectivity index (χ0v) is 15.8. The highest BCUT2D eigenvalue weighted by Crippen LogP contribution is 2.38. The fraction of sp³-hybridized carbons (Fsp3) is 0.474. The van der Waals surface area contributed by atoms with Gasteiger partial charge in [0.1, 0.15) is 0 Å². The first-order valence-electron chi connectivity index (χ1n) is 8.95. The van der Waals surface area contributed by atoms with Crippen LogP contribution in [0.25, 0.3) is 0 Å². The number of esters is 1. The molecule has 1 saturated carbocycles. The first kappa shape index (κ1) is 19.4. The van der Waals surface area contributed by atoms with Crippen LogP contribution >= 0.6 is 11.6 Å². The highest BCUT2D eigenvalue weighted by atomic mass is 35.5. The lowest BCUT2D eigenvalue weighted by atomic mass is 9.81. The van der Waals surface area contributed by atoms with E-state index in [9.17, 15) is 19.2 Å². The van der Waals surface area contributed by atoms with Gasteiger partial charge in [-0.2, -0.15) is 0 Å². The standard InChI is InChI=1S/C19H21ClN2O5/c1-27-19(26)11-6-7-14(20)15(10-11)21-16(23)8-9-22-17(24)12-4-2-3-5-13(12)18(22)25/h6-7,10,12-13H,2-5,8-9H2,1H3,(H,21,23)/t12-,13-/m1/s1. The van der Waals surface area contributed by atoms with E-state index in [0.717, 1.165) is 25.7 Å². The number of hydrogen-bond donors (Lipinski definition) is 1. The van der Waals surface area contributed by atoms with Crippen LogP contribution in [0.3, 0.4) is 0 Å². The SMILES string of the molecule is COC(=O)c1ccc(Cl)c(NC(=O)CCN2C(=O)[C@@H]3CCCC[C@H]3C2=O)c1. The lowest BCUT2D eigenvalue weighted by Crippen LogP contribution is -2.34. The molecule has 7 nitrogen and oxygen atoms in total. The van der Waals surface area contributed by atoms with E-state index in [1.165, 1.54) is 30.2 Å². The Morgan fingerprint density at radius 2 is 1.81 bits per heavy atom. The lowest BCUT2D eigenvalue weighted by molar-refractivity contribution is -0.140. The molecule has 1 N–H and O–H groups in total. The van der Waals surface area contributed by atoms with Gasteiger partial charge in [0.05, 0.1) is 35.2 Å². The van der Waals surface area contributed by atoms with Gasteiger partial charge in [0.15, 0.2) is 0 Å². The van der Waals surface area contributed by atoms with Gasteiger partial charge in [-0.15, -0.1) is 0 Å². The minimum atomic E-state index is -0.543. The maximum absolute atomic E-state index is 12.4. The number of nitrogens with zero attached hydrogens (tertiary/aromatic N) is 1. The highest BCUT2D eigenvalue weighted by molar-refractivity contribution is 6.33. The minimum absolute atomic E-state index is 0.0320. The Hall–Kier alpha value is -2.41. The molecule has 27 heavy (non-hydrogen) atoms. The molecular weight excluding hydrogens is 372 g/mol. The fourth-order valence-electron chi connectivity index (χ4n) is 3.74. The molecule has 0 aromatic heterocycles. The van der Waals surface area contributed by atoms with Crippen molar-refractivity contribution in [2.24, 2.45) is 11.8 Å². The van der Waals surface area contributed by atoms with Crippen molar-refractivity contribution in [1.82, 2.24) is 4.90 Å². The Kier molecular flexibility index (Phi) is 5.79. The van der Waals surface area contributed by atoms with E-state index in [4.69, 9.17) is 11.6 Å². The van der Waals surface area contributed by atoms with Crippen LogP contribution in [-0.2, 0) is 19.1 Å². The number of anilines is 1. The molecule has 0 unspecified atom stereocenters. The van der Waals surface area contributed by atoms with Crippen LogP contribution in [0, 0.1) is 11.8 Å². The molecule has 3 rings (SSSR count). The first-order chi connectivity index (χ1) is 12.9. The zero-order chi connectivity index (χ0) is 19.6. The molecule has 0 radical (unpaired) electrons. The fourth-order valence-corrected chi connectivity index (χ4v) is 3.91. The monoisotopic (exact) mass is 392 g/mol. The third-order valence-corrected chi connectivity index (χ3v) is 5.49. The first-order valence-corrected chi connectivity index (χ1v) is 9.33. The van der Waals surface area contributed by atoms with E-state index >= 15 is 0 Å². The summed E-state index contributed by atoms with van der Waals surface area (Å²) in [7, 11) is 1.26. The van der Waals surface area contributed by atoms with Crippen LogP contribution in [0.1, 0.15) is 42.5 Å².